The highest BCUT2D eigenvalue weighted by Gasteiger charge is 2.47. The minimum Gasteiger partial charge on any atom is -0.463 e. The first-order valence-electron chi connectivity index (χ1n) is 6.85. The van der Waals surface area contributed by atoms with E-state index in [4.69, 9.17) is 43.1 Å². The van der Waals surface area contributed by atoms with E-state index in [2.05, 4.69) is 4.98 Å². The van der Waals surface area contributed by atoms with Gasteiger partial charge in [-0.15, -0.1) is 11.6 Å². The van der Waals surface area contributed by atoms with Gasteiger partial charge in [0.25, 0.3) is 0 Å². The van der Waals surface area contributed by atoms with Crippen LogP contribution in [0.5, 0.6) is 0 Å². The molecule has 24 heavy (non-hydrogen) atoms. The number of carbonyl (C=O) groups is 2. The summed E-state index contributed by atoms with van der Waals surface area (Å²) in [6, 6.07) is 0. The van der Waals surface area contributed by atoms with Gasteiger partial charge >= 0.3 is 17.6 Å². The number of halogens is 2. The Morgan fingerprint density at radius 3 is 2.67 bits per heavy atom. The predicted octanol–water partition coefficient (Wildman–Crippen LogP) is 0.478. The van der Waals surface area contributed by atoms with Gasteiger partial charge in [-0.2, -0.15) is 4.98 Å². The van der Waals surface area contributed by atoms with Crippen LogP contribution in [0.15, 0.2) is 11.0 Å². The second-order valence-electron chi connectivity index (χ2n) is 5.05. The zero-order chi connectivity index (χ0) is 18.0. The molecule has 132 valence electrons. The normalized spacial score (nSPS) is 26.2. The van der Waals surface area contributed by atoms with Gasteiger partial charge < -0.3 is 19.9 Å². The Bertz CT molecular complexity index is 709. The standard InChI is InChI=1S/C13H15Cl2N3O6/c1-5(19)22-4-8-10(23-6(2)20)9(15)12(24-8)18-3-7(14)11(16)17-13(18)21/h3,8-10,12H,4H2,1-2H3,(H2,16,17,21)/t8-,9+,10-,12-/m1/s1. The van der Waals surface area contributed by atoms with Gasteiger partial charge in [0.2, 0.25) is 0 Å². The van der Waals surface area contributed by atoms with E-state index >= 15 is 0 Å². The van der Waals surface area contributed by atoms with Crippen LogP contribution in [0.2, 0.25) is 5.02 Å². The molecule has 1 aliphatic rings. The summed E-state index contributed by atoms with van der Waals surface area (Å²) in [7, 11) is 0. The highest BCUT2D eigenvalue weighted by Crippen LogP contribution is 2.35. The summed E-state index contributed by atoms with van der Waals surface area (Å²) in [5, 5.41) is -0.900. The van der Waals surface area contributed by atoms with Crippen LogP contribution in [0.4, 0.5) is 5.82 Å². The van der Waals surface area contributed by atoms with Crippen LogP contribution in [0.25, 0.3) is 0 Å². The third-order valence-electron chi connectivity index (χ3n) is 3.23. The lowest BCUT2D eigenvalue weighted by atomic mass is 10.1. The smallest absolute Gasteiger partial charge is 0.351 e. The van der Waals surface area contributed by atoms with Crippen LogP contribution in [-0.2, 0) is 23.8 Å². The molecule has 1 aliphatic heterocycles. The van der Waals surface area contributed by atoms with E-state index in [-0.39, 0.29) is 17.4 Å². The molecule has 9 nitrogen and oxygen atoms in total. The molecule has 11 heteroatoms. The van der Waals surface area contributed by atoms with Crippen molar-refractivity contribution in [1.82, 2.24) is 9.55 Å². The molecular weight excluding hydrogens is 365 g/mol. The highest BCUT2D eigenvalue weighted by molar-refractivity contribution is 6.32. The van der Waals surface area contributed by atoms with E-state index in [0.717, 1.165) is 4.57 Å². The lowest BCUT2D eigenvalue weighted by Crippen LogP contribution is -2.36. The van der Waals surface area contributed by atoms with Crippen LogP contribution in [0, 0.1) is 0 Å². The third kappa shape index (κ3) is 3.97. The quantitative estimate of drug-likeness (QED) is 0.591. The number of nitrogens with two attached hydrogens (primary N) is 1. The maximum atomic E-state index is 12.0. The molecule has 4 atom stereocenters. The maximum absolute atomic E-state index is 12.0. The first kappa shape index (κ1) is 18.5. The number of hydrogen-bond donors (Lipinski definition) is 1. The van der Waals surface area contributed by atoms with E-state index in [1.165, 1.54) is 20.0 Å². The molecule has 1 fully saturated rings. The van der Waals surface area contributed by atoms with Gasteiger partial charge in [0.1, 0.15) is 23.9 Å². The van der Waals surface area contributed by atoms with Gasteiger partial charge in [-0.1, -0.05) is 11.6 Å². The van der Waals surface area contributed by atoms with Gasteiger partial charge in [-0.25, -0.2) is 4.79 Å². The molecule has 0 saturated carbocycles. The van der Waals surface area contributed by atoms with Crippen molar-refractivity contribution in [2.45, 2.75) is 37.7 Å². The summed E-state index contributed by atoms with van der Waals surface area (Å²) in [5.41, 5.74) is 4.73. The zero-order valence-corrected chi connectivity index (χ0v) is 14.3. The lowest BCUT2D eigenvalue weighted by Gasteiger charge is -2.19. The first-order chi connectivity index (χ1) is 11.2. The number of carbonyl (C=O) groups excluding carboxylic acids is 2. The van der Waals surface area contributed by atoms with E-state index in [1.807, 2.05) is 0 Å². The van der Waals surface area contributed by atoms with E-state index in [0.29, 0.717) is 0 Å². The van der Waals surface area contributed by atoms with Gasteiger partial charge in [-0.05, 0) is 0 Å². The SMILES string of the molecule is CC(=O)OC[C@H]1O[C@@H](n2cc(Cl)c(N)nc2=O)[C@@H](Cl)[C@@H]1OC(C)=O. The van der Waals surface area contributed by atoms with Gasteiger partial charge in [0.05, 0.1) is 5.02 Å². The molecule has 1 aromatic rings. The number of alkyl halides is 1. The molecule has 0 aliphatic carbocycles. The van der Waals surface area contributed by atoms with Crippen LogP contribution in [-0.4, -0.2) is 45.7 Å². The Kier molecular flexibility index (Phi) is 5.68. The minimum absolute atomic E-state index is 0.0366. The Hall–Kier alpha value is -1.84. The van der Waals surface area contributed by atoms with E-state index in [9.17, 15) is 14.4 Å². The lowest BCUT2D eigenvalue weighted by molar-refractivity contribution is -0.155. The maximum Gasteiger partial charge on any atom is 0.351 e. The fourth-order valence-electron chi connectivity index (χ4n) is 2.22. The summed E-state index contributed by atoms with van der Waals surface area (Å²) in [4.78, 5) is 37.8. The largest absolute Gasteiger partial charge is 0.463 e. The number of nitrogen functional groups attached to an aromatic ring is 1. The molecule has 0 unspecified atom stereocenters. The summed E-state index contributed by atoms with van der Waals surface area (Å²) >= 11 is 12.2. The van der Waals surface area contributed by atoms with Crippen LogP contribution < -0.4 is 11.4 Å². The monoisotopic (exact) mass is 379 g/mol. The molecule has 2 heterocycles. The number of esters is 2. The Morgan fingerprint density at radius 1 is 1.42 bits per heavy atom. The van der Waals surface area contributed by atoms with Crippen LogP contribution in [0.1, 0.15) is 20.1 Å². The second-order valence-corrected chi connectivity index (χ2v) is 5.96. The molecule has 0 amide bonds. The van der Waals surface area contributed by atoms with Crippen molar-refractivity contribution in [1.29, 1.82) is 0 Å². The molecule has 1 aromatic heterocycles. The molecule has 0 spiro atoms. The number of rotatable bonds is 4. The fraction of sp³-hybridized carbons (Fsp3) is 0.538. The minimum atomic E-state index is -1.03. The molecule has 0 aromatic carbocycles. The molecule has 2 N–H and O–H groups in total. The Labute approximate surface area is 146 Å². The van der Waals surface area contributed by atoms with Crippen molar-refractivity contribution >= 4 is 41.0 Å². The van der Waals surface area contributed by atoms with Crippen LogP contribution >= 0.6 is 23.2 Å². The van der Waals surface area contributed by atoms with Crippen molar-refractivity contribution in [2.24, 2.45) is 0 Å². The number of hydrogen-bond acceptors (Lipinski definition) is 8. The van der Waals surface area contributed by atoms with Crippen LogP contribution in [0.3, 0.4) is 0 Å². The van der Waals surface area contributed by atoms with Crippen molar-refractivity contribution < 1.29 is 23.8 Å². The fourth-order valence-corrected chi connectivity index (χ4v) is 2.77. The summed E-state index contributed by atoms with van der Waals surface area (Å²) in [6.07, 6.45) is -1.59. The number of ether oxygens (including phenoxy) is 3. The molecular formula is C13H15Cl2N3O6. The summed E-state index contributed by atoms with van der Waals surface area (Å²) < 4.78 is 16.7. The van der Waals surface area contributed by atoms with Crippen molar-refractivity contribution in [3.05, 3.63) is 21.7 Å². The van der Waals surface area contributed by atoms with Gasteiger partial charge in [-0.3, -0.25) is 14.2 Å². The van der Waals surface area contributed by atoms with Crippen molar-refractivity contribution in [3.63, 3.8) is 0 Å². The first-order valence-corrected chi connectivity index (χ1v) is 7.66. The molecule has 0 radical (unpaired) electrons. The molecule has 2 rings (SSSR count). The number of anilines is 1. The molecule has 0 bridgehead atoms. The number of aromatic nitrogens is 2. The Balaban J connectivity index is 2.31. The predicted molar refractivity (Wildman–Crippen MR) is 83.7 cm³/mol. The Morgan fingerprint density at radius 2 is 2.08 bits per heavy atom. The zero-order valence-electron chi connectivity index (χ0n) is 12.8. The number of nitrogens with zero attached hydrogens (tertiary/aromatic N) is 2. The highest BCUT2D eigenvalue weighted by atomic mass is 35.5. The van der Waals surface area contributed by atoms with E-state index < -0.39 is 41.4 Å². The van der Waals surface area contributed by atoms with Crippen molar-refractivity contribution in [2.75, 3.05) is 12.3 Å². The van der Waals surface area contributed by atoms with Gasteiger partial charge in [0, 0.05) is 20.0 Å². The average Bonchev–Trinajstić information content (AvgIpc) is 2.77. The third-order valence-corrected chi connectivity index (χ3v) is 3.98. The second kappa shape index (κ2) is 7.37. The van der Waals surface area contributed by atoms with Crippen molar-refractivity contribution in [3.8, 4) is 0 Å². The van der Waals surface area contributed by atoms with Gasteiger partial charge in [0.15, 0.2) is 12.3 Å². The molecule has 1 saturated heterocycles. The average molecular weight is 380 g/mol. The topological polar surface area (TPSA) is 123 Å². The van der Waals surface area contributed by atoms with E-state index in [1.54, 1.807) is 0 Å². The summed E-state index contributed by atoms with van der Waals surface area (Å²) in [5.74, 6) is -1.26. The summed E-state index contributed by atoms with van der Waals surface area (Å²) in [6.45, 7) is 2.23.